The van der Waals surface area contributed by atoms with Crippen LogP contribution in [0.3, 0.4) is 0 Å². The molecule has 0 atom stereocenters. The number of hydrogen-bond acceptors (Lipinski definition) is 3. The molecule has 0 spiro atoms. The van der Waals surface area contributed by atoms with E-state index in [9.17, 15) is 4.39 Å². The Labute approximate surface area is 140 Å². The first-order valence-electron chi connectivity index (χ1n) is 7.86. The minimum atomic E-state index is -0.284. The second-order valence-electron chi connectivity index (χ2n) is 5.47. The molecule has 1 fully saturated rings. The Hall–Kier alpha value is -2.60. The van der Waals surface area contributed by atoms with Crippen LogP contribution in [0.1, 0.15) is 5.56 Å². The van der Waals surface area contributed by atoms with Crippen molar-refractivity contribution < 1.29 is 13.9 Å². The first-order chi connectivity index (χ1) is 11.7. The fourth-order valence-corrected chi connectivity index (χ4v) is 2.37. The summed E-state index contributed by atoms with van der Waals surface area (Å²) in [6.07, 6.45) is 0. The fourth-order valence-electron chi connectivity index (χ4n) is 2.37. The molecule has 0 bridgehead atoms. The normalized spacial score (nSPS) is 15.4. The molecule has 0 radical (unpaired) electrons. The number of guanidine groups is 1. The average Bonchev–Trinajstić information content (AvgIpc) is 2.63. The smallest absolute Gasteiger partial charge is 0.191 e. The lowest BCUT2D eigenvalue weighted by Gasteiger charge is -2.27. The first-order valence-corrected chi connectivity index (χ1v) is 7.86. The summed E-state index contributed by atoms with van der Waals surface area (Å²) in [6, 6.07) is 13.5. The van der Waals surface area contributed by atoms with E-state index in [0.29, 0.717) is 37.2 Å². The van der Waals surface area contributed by atoms with E-state index in [1.807, 2.05) is 29.2 Å². The molecule has 2 aromatic carbocycles. The Morgan fingerprint density at radius 3 is 2.25 bits per heavy atom. The van der Waals surface area contributed by atoms with Crippen LogP contribution in [0.25, 0.3) is 0 Å². The van der Waals surface area contributed by atoms with Gasteiger partial charge in [-0.15, -0.1) is 0 Å². The molecule has 0 aromatic heterocycles. The molecule has 1 aliphatic heterocycles. The van der Waals surface area contributed by atoms with Gasteiger partial charge in [-0.2, -0.15) is 0 Å². The van der Waals surface area contributed by atoms with Crippen molar-refractivity contribution in [1.29, 1.82) is 0 Å². The van der Waals surface area contributed by atoms with Crippen LogP contribution >= 0.6 is 0 Å². The summed E-state index contributed by atoms with van der Waals surface area (Å²) in [5.41, 5.74) is 7.05. The van der Waals surface area contributed by atoms with Gasteiger partial charge in [0, 0.05) is 13.1 Å². The summed E-state index contributed by atoms with van der Waals surface area (Å²) in [6.45, 7) is 3.44. The summed E-state index contributed by atoms with van der Waals surface area (Å²) in [7, 11) is 0. The number of aliphatic imine (C=N–C) groups is 1. The van der Waals surface area contributed by atoms with Crippen molar-refractivity contribution in [2.24, 2.45) is 10.7 Å². The zero-order valence-corrected chi connectivity index (χ0v) is 13.3. The summed E-state index contributed by atoms with van der Waals surface area (Å²) >= 11 is 0. The van der Waals surface area contributed by atoms with Crippen LogP contribution in [-0.4, -0.2) is 37.2 Å². The van der Waals surface area contributed by atoms with Gasteiger partial charge >= 0.3 is 0 Å². The number of halogens is 1. The molecule has 126 valence electrons. The van der Waals surface area contributed by atoms with Gasteiger partial charge in [0.25, 0.3) is 0 Å². The van der Waals surface area contributed by atoms with Crippen LogP contribution in [0, 0.1) is 5.82 Å². The van der Waals surface area contributed by atoms with Gasteiger partial charge in [-0.3, -0.25) is 0 Å². The minimum absolute atomic E-state index is 0.284. The maximum Gasteiger partial charge on any atom is 0.191 e. The lowest BCUT2D eigenvalue weighted by Crippen LogP contribution is -2.44. The molecular weight excluding hydrogens is 309 g/mol. The van der Waals surface area contributed by atoms with E-state index in [-0.39, 0.29) is 5.82 Å². The molecule has 5 nitrogen and oxygen atoms in total. The lowest BCUT2D eigenvalue weighted by molar-refractivity contribution is 0.0674. The van der Waals surface area contributed by atoms with E-state index >= 15 is 0 Å². The third-order valence-corrected chi connectivity index (χ3v) is 3.73. The predicted molar refractivity (Wildman–Crippen MR) is 90.6 cm³/mol. The lowest BCUT2D eigenvalue weighted by atomic mass is 10.2. The van der Waals surface area contributed by atoms with Gasteiger partial charge in [0.1, 0.15) is 17.3 Å². The highest BCUT2D eigenvalue weighted by atomic mass is 19.1. The number of hydrogen-bond donors (Lipinski definition) is 1. The standard InChI is InChI=1S/C18H20FN3O2/c19-15-3-7-17(8-4-15)24-16-5-1-14(2-6-16)13-21-18(20)22-9-11-23-12-10-22/h1-8H,9-13H2,(H2,20,21). The van der Waals surface area contributed by atoms with Crippen molar-refractivity contribution in [2.75, 3.05) is 26.3 Å². The highest BCUT2D eigenvalue weighted by Gasteiger charge is 2.11. The van der Waals surface area contributed by atoms with E-state index in [1.165, 1.54) is 12.1 Å². The quantitative estimate of drug-likeness (QED) is 0.692. The highest BCUT2D eigenvalue weighted by molar-refractivity contribution is 5.78. The van der Waals surface area contributed by atoms with E-state index < -0.39 is 0 Å². The van der Waals surface area contributed by atoms with Crippen molar-refractivity contribution >= 4 is 5.96 Å². The molecule has 3 rings (SSSR count). The van der Waals surface area contributed by atoms with Gasteiger partial charge < -0.3 is 20.1 Å². The topological polar surface area (TPSA) is 60.1 Å². The summed E-state index contributed by atoms with van der Waals surface area (Å²) in [5.74, 6) is 1.55. The average molecular weight is 329 g/mol. The van der Waals surface area contributed by atoms with E-state index in [1.54, 1.807) is 12.1 Å². The van der Waals surface area contributed by atoms with Crippen molar-refractivity contribution in [3.05, 3.63) is 59.9 Å². The second-order valence-corrected chi connectivity index (χ2v) is 5.47. The zero-order chi connectivity index (χ0) is 16.8. The van der Waals surface area contributed by atoms with Crippen molar-refractivity contribution in [3.8, 4) is 11.5 Å². The monoisotopic (exact) mass is 329 g/mol. The van der Waals surface area contributed by atoms with Gasteiger partial charge in [-0.1, -0.05) is 12.1 Å². The van der Waals surface area contributed by atoms with Crippen LogP contribution < -0.4 is 10.5 Å². The number of rotatable bonds is 4. The molecule has 1 heterocycles. The van der Waals surface area contributed by atoms with Crippen LogP contribution in [0.2, 0.25) is 0 Å². The Morgan fingerprint density at radius 2 is 1.62 bits per heavy atom. The van der Waals surface area contributed by atoms with Crippen LogP contribution in [0.15, 0.2) is 53.5 Å². The Balaban J connectivity index is 1.56. The number of nitrogens with zero attached hydrogens (tertiary/aromatic N) is 2. The van der Waals surface area contributed by atoms with Crippen LogP contribution in [0.5, 0.6) is 11.5 Å². The molecule has 0 unspecified atom stereocenters. The summed E-state index contributed by atoms with van der Waals surface area (Å²) in [4.78, 5) is 6.45. The first kappa shape index (κ1) is 16.3. The van der Waals surface area contributed by atoms with Gasteiger partial charge in [0.2, 0.25) is 0 Å². The molecule has 1 aliphatic rings. The zero-order valence-electron chi connectivity index (χ0n) is 13.3. The molecule has 24 heavy (non-hydrogen) atoms. The third-order valence-electron chi connectivity index (χ3n) is 3.73. The summed E-state index contributed by atoms with van der Waals surface area (Å²) < 4.78 is 23.8. The van der Waals surface area contributed by atoms with Crippen LogP contribution in [0.4, 0.5) is 4.39 Å². The number of ether oxygens (including phenoxy) is 2. The van der Waals surface area contributed by atoms with Gasteiger partial charge in [-0.05, 0) is 42.0 Å². The molecule has 0 saturated carbocycles. The van der Waals surface area contributed by atoms with Gasteiger partial charge in [0.05, 0.1) is 19.8 Å². The second kappa shape index (κ2) is 7.79. The molecule has 6 heteroatoms. The van der Waals surface area contributed by atoms with Crippen molar-refractivity contribution in [3.63, 3.8) is 0 Å². The summed E-state index contributed by atoms with van der Waals surface area (Å²) in [5, 5.41) is 0. The molecular formula is C18H20FN3O2. The van der Waals surface area contributed by atoms with Crippen molar-refractivity contribution in [2.45, 2.75) is 6.54 Å². The Morgan fingerprint density at radius 1 is 1.04 bits per heavy atom. The number of nitrogens with two attached hydrogens (primary N) is 1. The molecule has 2 N–H and O–H groups in total. The molecule has 2 aromatic rings. The van der Waals surface area contributed by atoms with E-state index in [2.05, 4.69) is 4.99 Å². The largest absolute Gasteiger partial charge is 0.457 e. The fraction of sp³-hybridized carbons (Fsp3) is 0.278. The van der Waals surface area contributed by atoms with E-state index in [0.717, 1.165) is 18.7 Å². The molecule has 1 saturated heterocycles. The minimum Gasteiger partial charge on any atom is -0.457 e. The van der Waals surface area contributed by atoms with Crippen molar-refractivity contribution in [1.82, 2.24) is 4.90 Å². The SMILES string of the molecule is NC(=NCc1ccc(Oc2ccc(F)cc2)cc1)N1CCOCC1. The highest BCUT2D eigenvalue weighted by Crippen LogP contribution is 2.22. The molecule has 0 aliphatic carbocycles. The maximum absolute atomic E-state index is 12.9. The third kappa shape index (κ3) is 4.45. The number of morpholine rings is 1. The van der Waals surface area contributed by atoms with E-state index in [4.69, 9.17) is 15.2 Å². The van der Waals surface area contributed by atoms with Gasteiger partial charge in [-0.25, -0.2) is 9.38 Å². The van der Waals surface area contributed by atoms with Crippen LogP contribution in [-0.2, 0) is 11.3 Å². The maximum atomic E-state index is 12.9. The number of benzene rings is 2. The molecule has 0 amide bonds. The Bertz CT molecular complexity index is 680. The van der Waals surface area contributed by atoms with Gasteiger partial charge in [0.15, 0.2) is 5.96 Å². The Kier molecular flexibility index (Phi) is 5.28. The predicted octanol–water partition coefficient (Wildman–Crippen LogP) is 2.76.